The van der Waals surface area contributed by atoms with Gasteiger partial charge in [-0.1, -0.05) is 42.5 Å². The molecule has 0 unspecified atom stereocenters. The summed E-state index contributed by atoms with van der Waals surface area (Å²) in [5.41, 5.74) is 1.47. The zero-order chi connectivity index (χ0) is 14.4. The van der Waals surface area contributed by atoms with E-state index in [1.807, 2.05) is 42.5 Å². The van der Waals surface area contributed by atoms with E-state index in [2.05, 4.69) is 33.2 Å². The topological polar surface area (TPSA) is 58.2 Å². The predicted octanol–water partition coefficient (Wildman–Crippen LogP) is 2.93. The summed E-state index contributed by atoms with van der Waals surface area (Å²) in [7, 11) is 0. The molecule has 0 heterocycles. The van der Waals surface area contributed by atoms with Crippen molar-refractivity contribution in [3.05, 3.63) is 69.3 Å². The van der Waals surface area contributed by atoms with Crippen LogP contribution in [0.5, 0.6) is 0 Å². The van der Waals surface area contributed by atoms with Gasteiger partial charge < -0.3 is 5.32 Å². The van der Waals surface area contributed by atoms with Gasteiger partial charge in [0.1, 0.15) is 0 Å². The van der Waals surface area contributed by atoms with E-state index >= 15 is 0 Å². The van der Waals surface area contributed by atoms with Crippen molar-refractivity contribution in [2.24, 2.45) is 0 Å². The summed E-state index contributed by atoms with van der Waals surface area (Å²) in [5.74, 6) is -0.402. The minimum absolute atomic E-state index is 0.381. The molecular weight excluding hydrogens is 367 g/mol. The van der Waals surface area contributed by atoms with Gasteiger partial charge in [-0.15, -0.1) is 0 Å². The summed E-state index contributed by atoms with van der Waals surface area (Å²) in [4.78, 5) is 23.6. The van der Waals surface area contributed by atoms with Gasteiger partial charge in [0.15, 0.2) is 0 Å². The molecule has 102 valence electrons. The van der Waals surface area contributed by atoms with Crippen molar-refractivity contribution in [3.63, 3.8) is 0 Å². The van der Waals surface area contributed by atoms with Crippen LogP contribution < -0.4 is 10.6 Å². The Morgan fingerprint density at radius 2 is 1.60 bits per heavy atom. The lowest BCUT2D eigenvalue weighted by Gasteiger charge is -2.07. The smallest absolute Gasteiger partial charge is 0.321 e. The first-order valence-electron chi connectivity index (χ1n) is 6.04. The normalized spacial score (nSPS) is 9.85. The number of benzene rings is 2. The molecule has 4 nitrogen and oxygen atoms in total. The molecule has 0 aromatic heterocycles. The average Bonchev–Trinajstić information content (AvgIpc) is 2.46. The van der Waals surface area contributed by atoms with Crippen molar-refractivity contribution in [1.82, 2.24) is 10.6 Å². The highest BCUT2D eigenvalue weighted by Gasteiger charge is 2.12. The van der Waals surface area contributed by atoms with Gasteiger partial charge in [-0.2, -0.15) is 0 Å². The first-order chi connectivity index (χ1) is 9.66. The van der Waals surface area contributed by atoms with Crippen LogP contribution in [0.15, 0.2) is 54.6 Å². The van der Waals surface area contributed by atoms with Gasteiger partial charge in [-0.05, 0) is 40.3 Å². The van der Waals surface area contributed by atoms with Gasteiger partial charge in [0.05, 0.1) is 5.56 Å². The Bertz CT molecular complexity index is 614. The Labute approximate surface area is 130 Å². The fraction of sp³-hybridized carbons (Fsp3) is 0.0667. The summed E-state index contributed by atoms with van der Waals surface area (Å²) in [6, 6.07) is 16.1. The van der Waals surface area contributed by atoms with Gasteiger partial charge in [-0.3, -0.25) is 10.1 Å². The third kappa shape index (κ3) is 4.06. The molecule has 2 N–H and O–H groups in total. The Morgan fingerprint density at radius 3 is 2.30 bits per heavy atom. The van der Waals surface area contributed by atoms with Gasteiger partial charge in [0.25, 0.3) is 5.91 Å². The second-order valence-electron chi connectivity index (χ2n) is 4.10. The fourth-order valence-electron chi connectivity index (χ4n) is 1.64. The van der Waals surface area contributed by atoms with Crippen LogP contribution in [0.2, 0.25) is 0 Å². The van der Waals surface area contributed by atoms with Crippen molar-refractivity contribution in [3.8, 4) is 0 Å². The van der Waals surface area contributed by atoms with E-state index in [-0.39, 0.29) is 0 Å². The Balaban J connectivity index is 1.89. The Hall–Kier alpha value is -1.89. The van der Waals surface area contributed by atoms with Gasteiger partial charge >= 0.3 is 6.03 Å². The maximum Gasteiger partial charge on any atom is 0.321 e. The van der Waals surface area contributed by atoms with Crippen molar-refractivity contribution in [2.45, 2.75) is 6.54 Å². The van der Waals surface area contributed by atoms with Gasteiger partial charge in [-0.25, -0.2) is 4.79 Å². The predicted molar refractivity (Wildman–Crippen MR) is 85.3 cm³/mol. The first-order valence-corrected chi connectivity index (χ1v) is 7.12. The third-order valence-corrected chi connectivity index (χ3v) is 3.58. The molecule has 0 fully saturated rings. The maximum atomic E-state index is 11.9. The number of hydrogen-bond acceptors (Lipinski definition) is 2. The number of nitrogens with one attached hydrogen (secondary N) is 2. The zero-order valence-corrected chi connectivity index (χ0v) is 12.8. The summed E-state index contributed by atoms with van der Waals surface area (Å²) in [6.07, 6.45) is 0. The van der Waals surface area contributed by atoms with Crippen LogP contribution in [-0.4, -0.2) is 11.9 Å². The van der Waals surface area contributed by atoms with E-state index in [4.69, 9.17) is 0 Å². The molecule has 0 aliphatic carbocycles. The number of carbonyl (C=O) groups is 2. The number of imide groups is 1. The first kappa shape index (κ1) is 14.5. The SMILES string of the molecule is O=C(NCc1ccccc1)NC(=O)c1ccccc1I. The highest BCUT2D eigenvalue weighted by molar-refractivity contribution is 14.1. The summed E-state index contributed by atoms with van der Waals surface area (Å²) in [5, 5.41) is 4.96. The Morgan fingerprint density at radius 1 is 0.950 bits per heavy atom. The standard InChI is InChI=1S/C15H13IN2O2/c16-13-9-5-4-8-12(13)14(19)18-15(20)17-10-11-6-2-1-3-7-11/h1-9H,10H2,(H2,17,18,19,20). The quantitative estimate of drug-likeness (QED) is 0.805. The second-order valence-corrected chi connectivity index (χ2v) is 5.26. The van der Waals surface area contributed by atoms with Crippen molar-refractivity contribution >= 4 is 34.5 Å². The van der Waals surface area contributed by atoms with E-state index in [0.717, 1.165) is 9.13 Å². The molecule has 0 aliphatic rings. The highest BCUT2D eigenvalue weighted by Crippen LogP contribution is 2.10. The maximum absolute atomic E-state index is 11.9. The molecule has 2 aromatic carbocycles. The van der Waals surface area contributed by atoms with Gasteiger partial charge in [0.2, 0.25) is 0 Å². The van der Waals surface area contributed by atoms with E-state index < -0.39 is 11.9 Å². The summed E-state index contributed by atoms with van der Waals surface area (Å²) in [6.45, 7) is 0.381. The molecule has 0 bridgehead atoms. The van der Waals surface area contributed by atoms with Crippen LogP contribution >= 0.6 is 22.6 Å². The van der Waals surface area contributed by atoms with Crippen LogP contribution in [0.25, 0.3) is 0 Å². The molecule has 0 saturated heterocycles. The van der Waals surface area contributed by atoms with Crippen molar-refractivity contribution in [1.29, 1.82) is 0 Å². The number of carbonyl (C=O) groups excluding carboxylic acids is 2. The number of rotatable bonds is 3. The van der Waals surface area contributed by atoms with Crippen LogP contribution in [0.1, 0.15) is 15.9 Å². The lowest BCUT2D eigenvalue weighted by atomic mass is 10.2. The molecule has 3 amide bonds. The second kappa shape index (κ2) is 7.04. The Kier molecular flexibility index (Phi) is 5.11. The molecule has 2 aromatic rings. The van der Waals surface area contributed by atoms with E-state index in [0.29, 0.717) is 12.1 Å². The van der Waals surface area contributed by atoms with Crippen LogP contribution in [-0.2, 0) is 6.54 Å². The molecule has 0 spiro atoms. The average molecular weight is 380 g/mol. The number of hydrogen-bond donors (Lipinski definition) is 2. The molecule has 0 saturated carbocycles. The monoisotopic (exact) mass is 380 g/mol. The molecule has 0 radical (unpaired) electrons. The molecule has 5 heteroatoms. The highest BCUT2D eigenvalue weighted by atomic mass is 127. The van der Waals surface area contributed by atoms with Crippen LogP contribution in [0.4, 0.5) is 4.79 Å². The molecule has 2 rings (SSSR count). The number of amides is 3. The van der Waals surface area contributed by atoms with E-state index in [9.17, 15) is 9.59 Å². The summed E-state index contributed by atoms with van der Waals surface area (Å²) < 4.78 is 0.804. The van der Waals surface area contributed by atoms with Crippen LogP contribution in [0.3, 0.4) is 0 Å². The minimum atomic E-state index is -0.501. The molecule has 0 aliphatic heterocycles. The van der Waals surface area contributed by atoms with Crippen molar-refractivity contribution < 1.29 is 9.59 Å². The minimum Gasteiger partial charge on any atom is -0.334 e. The lowest BCUT2D eigenvalue weighted by Crippen LogP contribution is -2.39. The fourth-order valence-corrected chi connectivity index (χ4v) is 2.27. The number of urea groups is 1. The number of halogens is 1. The van der Waals surface area contributed by atoms with Crippen molar-refractivity contribution in [2.75, 3.05) is 0 Å². The lowest BCUT2D eigenvalue weighted by molar-refractivity contribution is 0.0963. The van der Waals surface area contributed by atoms with E-state index in [1.54, 1.807) is 12.1 Å². The largest absolute Gasteiger partial charge is 0.334 e. The zero-order valence-electron chi connectivity index (χ0n) is 10.6. The van der Waals surface area contributed by atoms with Gasteiger partial charge in [0, 0.05) is 10.1 Å². The van der Waals surface area contributed by atoms with Crippen LogP contribution in [0, 0.1) is 3.57 Å². The van der Waals surface area contributed by atoms with E-state index in [1.165, 1.54) is 0 Å². The summed E-state index contributed by atoms with van der Waals surface area (Å²) >= 11 is 2.06. The molecule has 0 atom stereocenters. The molecule has 20 heavy (non-hydrogen) atoms. The third-order valence-electron chi connectivity index (χ3n) is 2.64. The molecular formula is C15H13IN2O2.